The molecule has 1 atom stereocenters. The summed E-state index contributed by atoms with van der Waals surface area (Å²) in [5, 5.41) is 5.93. The minimum absolute atomic E-state index is 0.118. The van der Waals surface area contributed by atoms with Crippen LogP contribution in [0.15, 0.2) is 53.6 Å². The van der Waals surface area contributed by atoms with Crippen LogP contribution in [-0.2, 0) is 24.2 Å². The Morgan fingerprint density at radius 2 is 2.03 bits per heavy atom. The highest BCUT2D eigenvalue weighted by Gasteiger charge is 2.18. The molecule has 4 rings (SSSR count). The number of carbonyl (C=O) groups is 1. The summed E-state index contributed by atoms with van der Waals surface area (Å²) >= 11 is 0. The van der Waals surface area contributed by atoms with Crippen LogP contribution < -0.4 is 10.9 Å². The Hall–Kier alpha value is -3.75. The number of fused-ring (bicyclic) bond motifs is 1. The minimum atomic E-state index is -0.476. The van der Waals surface area contributed by atoms with Crippen LogP contribution in [0.2, 0.25) is 0 Å². The Labute approximate surface area is 177 Å². The van der Waals surface area contributed by atoms with E-state index in [0.29, 0.717) is 17.8 Å². The Balaban J connectivity index is 1.61. The zero-order chi connectivity index (χ0) is 22.0. The lowest BCUT2D eigenvalue weighted by molar-refractivity contribution is -0.122. The maximum atomic E-state index is 13.4. The summed E-state index contributed by atoms with van der Waals surface area (Å²) in [5.74, 6) is 0.245. The summed E-state index contributed by atoms with van der Waals surface area (Å²) in [5.41, 5.74) is 2.36. The molecule has 2 N–H and O–H groups in total. The molecular formula is C22H23FN6O2. The molecule has 0 spiro atoms. The molecule has 0 radical (unpaired) electrons. The molecule has 9 heteroatoms. The molecule has 0 aliphatic heterocycles. The summed E-state index contributed by atoms with van der Waals surface area (Å²) in [4.78, 5) is 34.0. The van der Waals surface area contributed by atoms with Crippen LogP contribution in [0.25, 0.3) is 5.65 Å². The fraction of sp³-hybridized carbons (Fsp3) is 0.273. The number of nitrogens with one attached hydrogen (secondary N) is 2. The fourth-order valence-corrected chi connectivity index (χ4v) is 3.61. The van der Waals surface area contributed by atoms with E-state index < -0.39 is 6.04 Å². The van der Waals surface area contributed by atoms with Crippen molar-refractivity contribution in [2.24, 2.45) is 0 Å². The standard InChI is InChI=1S/C22H23FN6O2/c1-3-19-24-8-9-28(19)13-21(30)26-18(15-4-6-16(23)7-5-15)11-17-12-22(31)29-20(25-17)10-14(2)27-29/h4-10,12,18,27H,3,11,13H2,1-2H3,(H,26,30)/t18-/m0/s1. The normalized spacial score (nSPS) is 12.2. The van der Waals surface area contributed by atoms with Crippen molar-refractivity contribution in [3.05, 3.63) is 87.7 Å². The largest absolute Gasteiger partial charge is 0.347 e. The maximum absolute atomic E-state index is 13.4. The van der Waals surface area contributed by atoms with Gasteiger partial charge in [0, 0.05) is 43.1 Å². The van der Waals surface area contributed by atoms with E-state index in [9.17, 15) is 14.0 Å². The molecule has 8 nitrogen and oxygen atoms in total. The van der Waals surface area contributed by atoms with Gasteiger partial charge in [-0.15, -0.1) is 0 Å². The zero-order valence-corrected chi connectivity index (χ0v) is 17.3. The predicted octanol–water partition coefficient (Wildman–Crippen LogP) is 2.33. The first-order valence-corrected chi connectivity index (χ1v) is 10.1. The summed E-state index contributed by atoms with van der Waals surface area (Å²) in [6, 6.07) is 8.69. The van der Waals surface area contributed by atoms with Crippen molar-refractivity contribution in [2.75, 3.05) is 0 Å². The molecule has 0 saturated carbocycles. The van der Waals surface area contributed by atoms with Gasteiger partial charge >= 0.3 is 0 Å². The number of carbonyl (C=O) groups excluding carboxylic acids is 1. The number of amides is 1. The predicted molar refractivity (Wildman–Crippen MR) is 113 cm³/mol. The Morgan fingerprint density at radius 1 is 1.26 bits per heavy atom. The number of aryl methyl sites for hydroxylation is 2. The Kier molecular flexibility index (Phi) is 5.66. The highest BCUT2D eigenvalue weighted by atomic mass is 19.1. The van der Waals surface area contributed by atoms with Crippen LogP contribution >= 0.6 is 0 Å². The molecule has 1 amide bonds. The van der Waals surface area contributed by atoms with Crippen molar-refractivity contribution in [2.45, 2.75) is 39.3 Å². The summed E-state index contributed by atoms with van der Waals surface area (Å²) < 4.78 is 16.6. The molecule has 0 saturated heterocycles. The highest BCUT2D eigenvalue weighted by molar-refractivity contribution is 5.76. The van der Waals surface area contributed by atoms with Gasteiger partial charge in [0.05, 0.1) is 11.7 Å². The van der Waals surface area contributed by atoms with Gasteiger partial charge in [-0.1, -0.05) is 19.1 Å². The summed E-state index contributed by atoms with van der Waals surface area (Å²) in [6.07, 6.45) is 4.43. The van der Waals surface area contributed by atoms with E-state index in [1.54, 1.807) is 35.2 Å². The summed E-state index contributed by atoms with van der Waals surface area (Å²) in [6.45, 7) is 3.93. The number of nitrogens with zero attached hydrogens (tertiary/aromatic N) is 4. The van der Waals surface area contributed by atoms with Crippen molar-refractivity contribution >= 4 is 11.6 Å². The van der Waals surface area contributed by atoms with E-state index in [4.69, 9.17) is 0 Å². The van der Waals surface area contributed by atoms with Gasteiger partial charge in [0.2, 0.25) is 5.91 Å². The highest BCUT2D eigenvalue weighted by Crippen LogP contribution is 2.19. The van der Waals surface area contributed by atoms with Crippen LogP contribution in [-0.4, -0.2) is 30.1 Å². The number of rotatable bonds is 7. The molecule has 0 unspecified atom stereocenters. The third kappa shape index (κ3) is 4.55. The topological polar surface area (TPSA) is 97.1 Å². The van der Waals surface area contributed by atoms with Gasteiger partial charge in [-0.2, -0.15) is 0 Å². The lowest BCUT2D eigenvalue weighted by atomic mass is 10.0. The van der Waals surface area contributed by atoms with Crippen molar-refractivity contribution in [3.63, 3.8) is 0 Å². The van der Waals surface area contributed by atoms with Gasteiger partial charge in [0.25, 0.3) is 5.56 Å². The van der Waals surface area contributed by atoms with Crippen LogP contribution in [0.4, 0.5) is 4.39 Å². The van der Waals surface area contributed by atoms with Crippen LogP contribution in [0.5, 0.6) is 0 Å². The first kappa shape index (κ1) is 20.5. The SMILES string of the molecule is CCc1nccn1CC(=O)N[C@@H](Cc1cc(=O)n2[nH]c(C)cc2n1)c1ccc(F)cc1. The van der Waals surface area contributed by atoms with Crippen molar-refractivity contribution < 1.29 is 9.18 Å². The molecule has 1 aromatic carbocycles. The summed E-state index contributed by atoms with van der Waals surface area (Å²) in [7, 11) is 0. The van der Waals surface area contributed by atoms with E-state index in [1.807, 2.05) is 13.8 Å². The van der Waals surface area contributed by atoms with E-state index in [2.05, 4.69) is 20.4 Å². The quantitative estimate of drug-likeness (QED) is 0.478. The second kappa shape index (κ2) is 8.55. The number of halogens is 1. The van der Waals surface area contributed by atoms with Crippen molar-refractivity contribution in [1.29, 1.82) is 0 Å². The number of aromatic amines is 1. The smallest absolute Gasteiger partial charge is 0.272 e. The lowest BCUT2D eigenvalue weighted by Crippen LogP contribution is -2.33. The molecular weight excluding hydrogens is 399 g/mol. The third-order valence-electron chi connectivity index (χ3n) is 5.08. The van der Waals surface area contributed by atoms with E-state index >= 15 is 0 Å². The zero-order valence-electron chi connectivity index (χ0n) is 17.3. The molecule has 0 fully saturated rings. The molecule has 0 aliphatic carbocycles. The van der Waals surface area contributed by atoms with Gasteiger partial charge in [-0.05, 0) is 24.6 Å². The monoisotopic (exact) mass is 422 g/mol. The minimum Gasteiger partial charge on any atom is -0.347 e. The van der Waals surface area contributed by atoms with E-state index in [-0.39, 0.29) is 30.2 Å². The number of hydrogen-bond acceptors (Lipinski definition) is 4. The van der Waals surface area contributed by atoms with Crippen LogP contribution in [0, 0.1) is 12.7 Å². The maximum Gasteiger partial charge on any atom is 0.272 e. The van der Waals surface area contributed by atoms with Gasteiger partial charge in [0.15, 0.2) is 5.65 Å². The third-order valence-corrected chi connectivity index (χ3v) is 5.08. The van der Waals surface area contributed by atoms with E-state index in [1.165, 1.54) is 22.7 Å². The number of hydrogen-bond donors (Lipinski definition) is 2. The van der Waals surface area contributed by atoms with Crippen LogP contribution in [0.1, 0.15) is 35.7 Å². The Morgan fingerprint density at radius 3 is 2.77 bits per heavy atom. The molecule has 160 valence electrons. The first-order valence-electron chi connectivity index (χ1n) is 10.1. The second-order valence-corrected chi connectivity index (χ2v) is 7.42. The van der Waals surface area contributed by atoms with Gasteiger partial charge in [-0.25, -0.2) is 18.9 Å². The number of H-pyrrole nitrogens is 1. The number of aromatic nitrogens is 5. The molecule has 0 aliphatic rings. The molecule has 3 aromatic heterocycles. The van der Waals surface area contributed by atoms with Gasteiger partial charge in [-0.3, -0.25) is 14.7 Å². The Bertz CT molecular complexity index is 1270. The molecule has 31 heavy (non-hydrogen) atoms. The van der Waals surface area contributed by atoms with Crippen molar-refractivity contribution in [1.82, 2.24) is 29.5 Å². The average molecular weight is 422 g/mol. The van der Waals surface area contributed by atoms with E-state index in [0.717, 1.165) is 17.1 Å². The lowest BCUT2D eigenvalue weighted by Gasteiger charge is -2.20. The van der Waals surface area contributed by atoms with Gasteiger partial charge in [0.1, 0.15) is 18.2 Å². The second-order valence-electron chi connectivity index (χ2n) is 7.42. The average Bonchev–Trinajstić information content (AvgIpc) is 3.33. The molecule has 3 heterocycles. The van der Waals surface area contributed by atoms with Crippen LogP contribution in [0.3, 0.4) is 0 Å². The van der Waals surface area contributed by atoms with Gasteiger partial charge < -0.3 is 9.88 Å². The number of imidazole rings is 1. The number of benzene rings is 1. The molecule has 4 aromatic rings. The molecule has 0 bridgehead atoms. The fourth-order valence-electron chi connectivity index (χ4n) is 3.61. The van der Waals surface area contributed by atoms with Crippen molar-refractivity contribution in [3.8, 4) is 0 Å². The first-order chi connectivity index (χ1) is 14.9.